The van der Waals surface area contributed by atoms with Crippen LogP contribution in [-0.2, 0) is 10.0 Å². The van der Waals surface area contributed by atoms with Crippen molar-refractivity contribution in [3.63, 3.8) is 0 Å². The van der Waals surface area contributed by atoms with Gasteiger partial charge in [-0.2, -0.15) is 17.6 Å². The maximum Gasteiger partial charge on any atom is 0.283 e. The molecule has 0 spiro atoms. The van der Waals surface area contributed by atoms with Gasteiger partial charge in [0.25, 0.3) is 10.0 Å². The van der Waals surface area contributed by atoms with Gasteiger partial charge in [0.15, 0.2) is 0 Å². The Kier molecular flexibility index (Phi) is 3.85. The van der Waals surface area contributed by atoms with Gasteiger partial charge in [-0.1, -0.05) is 0 Å². The molecular formula is C14H18N2O3S. The molecular weight excluding hydrogens is 276 g/mol. The molecule has 0 unspecified atom stereocenters. The number of hydrogen-bond acceptors (Lipinski definition) is 4. The van der Waals surface area contributed by atoms with Gasteiger partial charge >= 0.3 is 0 Å². The molecule has 0 fully saturated rings. The highest BCUT2D eigenvalue weighted by atomic mass is 32.2. The lowest BCUT2D eigenvalue weighted by atomic mass is 10.2. The normalized spacial score (nSPS) is 11.6. The van der Waals surface area contributed by atoms with E-state index in [0.717, 1.165) is 9.65 Å². The molecule has 20 heavy (non-hydrogen) atoms. The molecule has 0 amide bonds. The van der Waals surface area contributed by atoms with Crippen LogP contribution in [-0.4, -0.2) is 24.2 Å². The minimum absolute atomic E-state index is 0.213. The minimum Gasteiger partial charge on any atom is -0.494 e. The molecule has 0 aliphatic carbocycles. The van der Waals surface area contributed by atoms with Crippen molar-refractivity contribution in [3.05, 3.63) is 41.2 Å². The van der Waals surface area contributed by atoms with Crippen molar-refractivity contribution in [2.24, 2.45) is 0 Å². The van der Waals surface area contributed by atoms with Gasteiger partial charge < -0.3 is 4.74 Å². The fraction of sp³-hybridized carbons (Fsp3) is 0.357. The first-order chi connectivity index (χ1) is 9.36. The maximum atomic E-state index is 12.5. The van der Waals surface area contributed by atoms with Gasteiger partial charge in [0, 0.05) is 0 Å². The third kappa shape index (κ3) is 2.56. The molecule has 0 bridgehead atoms. The van der Waals surface area contributed by atoms with Crippen LogP contribution >= 0.6 is 0 Å². The molecule has 0 atom stereocenters. The first-order valence-corrected chi connectivity index (χ1v) is 7.82. The van der Waals surface area contributed by atoms with E-state index in [9.17, 15) is 8.42 Å². The Hall–Kier alpha value is -1.82. The molecule has 0 saturated carbocycles. The summed E-state index contributed by atoms with van der Waals surface area (Å²) in [5.41, 5.74) is 2.05. The van der Waals surface area contributed by atoms with Crippen LogP contribution in [0.5, 0.6) is 5.75 Å². The van der Waals surface area contributed by atoms with E-state index in [1.54, 1.807) is 38.1 Å². The van der Waals surface area contributed by atoms with Gasteiger partial charge in [-0.05, 0) is 57.5 Å². The number of benzene rings is 1. The number of aryl methyl sites for hydroxylation is 3. The van der Waals surface area contributed by atoms with E-state index in [0.29, 0.717) is 23.7 Å². The molecule has 108 valence electrons. The Balaban J connectivity index is 2.50. The number of nitrogens with zero attached hydrogens (tertiary/aromatic N) is 2. The van der Waals surface area contributed by atoms with Crippen LogP contribution < -0.4 is 4.74 Å². The van der Waals surface area contributed by atoms with Crippen molar-refractivity contribution >= 4 is 10.0 Å². The molecule has 1 aromatic heterocycles. The Morgan fingerprint density at radius 3 is 2.40 bits per heavy atom. The van der Waals surface area contributed by atoms with Gasteiger partial charge in [-0.25, -0.2) is 0 Å². The standard InChI is InChI=1S/C14H18N2O3S/c1-5-19-14-7-6-13(8-10(14)2)20(17,18)16-12(4)9-11(3)15-16/h6-9H,5H2,1-4H3. The fourth-order valence-electron chi connectivity index (χ4n) is 2.05. The van der Waals surface area contributed by atoms with E-state index in [-0.39, 0.29) is 4.90 Å². The van der Waals surface area contributed by atoms with E-state index in [1.165, 1.54) is 0 Å². The number of rotatable bonds is 4. The first kappa shape index (κ1) is 14.6. The summed E-state index contributed by atoms with van der Waals surface area (Å²) in [6.07, 6.45) is 0. The zero-order valence-corrected chi connectivity index (χ0v) is 12.9. The van der Waals surface area contributed by atoms with Gasteiger partial charge in [-0.3, -0.25) is 0 Å². The summed E-state index contributed by atoms with van der Waals surface area (Å²) >= 11 is 0. The first-order valence-electron chi connectivity index (χ1n) is 6.38. The number of ether oxygens (including phenoxy) is 1. The smallest absolute Gasteiger partial charge is 0.283 e. The summed E-state index contributed by atoms with van der Waals surface area (Å²) in [5.74, 6) is 0.694. The Labute approximate surface area is 119 Å². The predicted octanol–water partition coefficient (Wildman–Crippen LogP) is 2.44. The van der Waals surface area contributed by atoms with Crippen LogP contribution in [0.3, 0.4) is 0 Å². The lowest BCUT2D eigenvalue weighted by Gasteiger charge is -2.10. The lowest BCUT2D eigenvalue weighted by Crippen LogP contribution is -2.16. The maximum absolute atomic E-state index is 12.5. The average Bonchev–Trinajstić information content (AvgIpc) is 2.72. The highest BCUT2D eigenvalue weighted by Gasteiger charge is 2.21. The molecule has 2 rings (SSSR count). The van der Waals surface area contributed by atoms with Crippen molar-refractivity contribution in [2.75, 3.05) is 6.61 Å². The molecule has 2 aromatic rings. The van der Waals surface area contributed by atoms with Crippen molar-refractivity contribution in [1.82, 2.24) is 9.19 Å². The topological polar surface area (TPSA) is 61.2 Å². The largest absolute Gasteiger partial charge is 0.494 e. The highest BCUT2D eigenvalue weighted by Crippen LogP contribution is 2.23. The monoisotopic (exact) mass is 294 g/mol. The van der Waals surface area contributed by atoms with Gasteiger partial charge in [0.1, 0.15) is 5.75 Å². The van der Waals surface area contributed by atoms with Crippen LogP contribution in [0.2, 0.25) is 0 Å². The fourth-order valence-corrected chi connectivity index (χ4v) is 3.48. The molecule has 1 heterocycles. The summed E-state index contributed by atoms with van der Waals surface area (Å²) < 4.78 is 31.6. The molecule has 5 nitrogen and oxygen atoms in total. The summed E-state index contributed by atoms with van der Waals surface area (Å²) in [4.78, 5) is 0.213. The predicted molar refractivity (Wildman–Crippen MR) is 76.6 cm³/mol. The zero-order valence-electron chi connectivity index (χ0n) is 12.0. The molecule has 0 radical (unpaired) electrons. The van der Waals surface area contributed by atoms with E-state index in [2.05, 4.69) is 5.10 Å². The van der Waals surface area contributed by atoms with Crippen LogP contribution in [0.1, 0.15) is 23.9 Å². The van der Waals surface area contributed by atoms with Gasteiger partial charge in [0.2, 0.25) is 0 Å². The van der Waals surface area contributed by atoms with Crippen molar-refractivity contribution in [3.8, 4) is 5.75 Å². The third-order valence-electron chi connectivity index (χ3n) is 2.94. The zero-order chi connectivity index (χ0) is 14.9. The summed E-state index contributed by atoms with van der Waals surface area (Å²) in [7, 11) is -3.65. The second-order valence-electron chi connectivity index (χ2n) is 4.64. The third-order valence-corrected chi connectivity index (χ3v) is 4.61. The minimum atomic E-state index is -3.65. The molecule has 0 N–H and O–H groups in total. The Morgan fingerprint density at radius 2 is 1.90 bits per heavy atom. The van der Waals surface area contributed by atoms with E-state index >= 15 is 0 Å². The van der Waals surface area contributed by atoms with Crippen molar-refractivity contribution in [2.45, 2.75) is 32.6 Å². The highest BCUT2D eigenvalue weighted by molar-refractivity contribution is 7.89. The molecule has 6 heteroatoms. The van der Waals surface area contributed by atoms with E-state index in [1.807, 2.05) is 13.8 Å². The van der Waals surface area contributed by atoms with Crippen LogP contribution in [0.4, 0.5) is 0 Å². The van der Waals surface area contributed by atoms with Crippen LogP contribution in [0.25, 0.3) is 0 Å². The summed E-state index contributed by atoms with van der Waals surface area (Å²) in [6.45, 7) is 7.75. The van der Waals surface area contributed by atoms with Crippen molar-refractivity contribution in [1.29, 1.82) is 0 Å². The quantitative estimate of drug-likeness (QED) is 0.869. The SMILES string of the molecule is CCOc1ccc(S(=O)(=O)n2nc(C)cc2C)cc1C. The number of hydrogen-bond donors (Lipinski definition) is 0. The Morgan fingerprint density at radius 1 is 1.20 bits per heavy atom. The lowest BCUT2D eigenvalue weighted by molar-refractivity contribution is 0.337. The van der Waals surface area contributed by atoms with E-state index < -0.39 is 10.0 Å². The van der Waals surface area contributed by atoms with E-state index in [4.69, 9.17) is 4.74 Å². The molecule has 0 aliphatic heterocycles. The van der Waals surface area contributed by atoms with Gasteiger partial charge in [-0.15, -0.1) is 0 Å². The second-order valence-corrected chi connectivity index (χ2v) is 6.40. The molecule has 0 saturated heterocycles. The van der Waals surface area contributed by atoms with Gasteiger partial charge in [0.05, 0.1) is 22.9 Å². The second kappa shape index (κ2) is 5.28. The van der Waals surface area contributed by atoms with Crippen molar-refractivity contribution < 1.29 is 13.2 Å². The molecule has 1 aromatic carbocycles. The van der Waals surface area contributed by atoms with Crippen LogP contribution in [0, 0.1) is 20.8 Å². The summed E-state index contributed by atoms with van der Waals surface area (Å²) in [6, 6.07) is 6.57. The number of aromatic nitrogens is 2. The molecule has 0 aliphatic rings. The van der Waals surface area contributed by atoms with Crippen LogP contribution in [0.15, 0.2) is 29.2 Å². The Bertz CT molecular complexity index is 733. The summed E-state index contributed by atoms with van der Waals surface area (Å²) in [5, 5.41) is 4.04. The average molecular weight is 294 g/mol.